The van der Waals surface area contributed by atoms with Gasteiger partial charge in [-0.2, -0.15) is 8.42 Å². The number of rotatable bonds is 5. The van der Waals surface area contributed by atoms with Crippen LogP contribution >= 0.6 is 0 Å². The molecule has 0 aliphatic rings. The van der Waals surface area contributed by atoms with Crippen molar-refractivity contribution >= 4 is 10.1 Å². The Morgan fingerprint density at radius 1 is 1.42 bits per heavy atom. The molecule has 74 valence electrons. The van der Waals surface area contributed by atoms with Gasteiger partial charge in [-0.3, -0.25) is 4.55 Å². The second-order valence-corrected chi connectivity index (χ2v) is 4.22. The first-order chi connectivity index (χ1) is 5.43. The summed E-state index contributed by atoms with van der Waals surface area (Å²) < 4.78 is 39.4. The van der Waals surface area contributed by atoms with E-state index in [2.05, 4.69) is 0 Å². The van der Waals surface area contributed by atoms with Crippen molar-refractivity contribution in [2.75, 3.05) is 20.8 Å². The minimum atomic E-state index is -4.04. The molecule has 0 aliphatic heterocycles. The number of hydrogen-bond donors (Lipinski definition) is 1. The highest BCUT2D eigenvalue weighted by atomic mass is 32.2. The smallest absolute Gasteiger partial charge is 0.270 e. The van der Waals surface area contributed by atoms with Crippen molar-refractivity contribution in [1.29, 1.82) is 0 Å². The second kappa shape index (κ2) is 4.76. The monoisotopic (exact) mass is 198 g/mol. The molecule has 2 atom stereocenters. The molecule has 5 nitrogen and oxygen atoms in total. The largest absolute Gasteiger partial charge is 0.382 e. The molecule has 0 aliphatic carbocycles. The minimum absolute atomic E-state index is 0.136. The molecule has 0 aromatic rings. The molecule has 2 unspecified atom stereocenters. The van der Waals surface area contributed by atoms with E-state index in [4.69, 9.17) is 14.0 Å². The van der Waals surface area contributed by atoms with Gasteiger partial charge < -0.3 is 9.47 Å². The van der Waals surface area contributed by atoms with Crippen molar-refractivity contribution in [1.82, 2.24) is 0 Å². The Labute approximate surface area is 72.4 Å². The Morgan fingerprint density at radius 2 is 1.92 bits per heavy atom. The molecule has 0 aromatic carbocycles. The van der Waals surface area contributed by atoms with Gasteiger partial charge in [0, 0.05) is 14.2 Å². The fourth-order valence-corrected chi connectivity index (χ4v) is 1.32. The maximum absolute atomic E-state index is 10.6. The van der Waals surface area contributed by atoms with Gasteiger partial charge in [0.25, 0.3) is 10.1 Å². The van der Waals surface area contributed by atoms with Crippen LogP contribution in [0.4, 0.5) is 0 Å². The molecule has 0 radical (unpaired) electrons. The summed E-state index contributed by atoms with van der Waals surface area (Å²) in [6.45, 7) is 1.50. The van der Waals surface area contributed by atoms with E-state index in [0.29, 0.717) is 0 Å². The molecule has 0 fully saturated rings. The van der Waals surface area contributed by atoms with Gasteiger partial charge >= 0.3 is 0 Å². The van der Waals surface area contributed by atoms with Crippen molar-refractivity contribution in [3.8, 4) is 0 Å². The Balaban J connectivity index is 4.31. The Bertz CT molecular complexity index is 210. The van der Waals surface area contributed by atoms with Crippen molar-refractivity contribution in [3.05, 3.63) is 0 Å². The molecule has 0 aromatic heterocycles. The highest BCUT2D eigenvalue weighted by molar-refractivity contribution is 7.86. The summed E-state index contributed by atoms with van der Waals surface area (Å²) in [5.41, 5.74) is 0. The first-order valence-electron chi connectivity index (χ1n) is 3.41. The van der Waals surface area contributed by atoms with Gasteiger partial charge in [-0.1, -0.05) is 0 Å². The highest BCUT2D eigenvalue weighted by Crippen LogP contribution is 2.07. The zero-order chi connectivity index (χ0) is 9.78. The third-order valence-electron chi connectivity index (χ3n) is 1.63. The maximum Gasteiger partial charge on any atom is 0.270 e. The van der Waals surface area contributed by atoms with Gasteiger partial charge in [0.15, 0.2) is 0 Å². The zero-order valence-electron chi connectivity index (χ0n) is 7.35. The molecule has 0 heterocycles. The SMILES string of the molecule is COCC(OC)C(C)S(=O)(=O)O. The van der Waals surface area contributed by atoms with E-state index in [1.54, 1.807) is 0 Å². The van der Waals surface area contributed by atoms with Crippen LogP contribution in [-0.2, 0) is 19.6 Å². The lowest BCUT2D eigenvalue weighted by Crippen LogP contribution is -2.35. The lowest BCUT2D eigenvalue weighted by Gasteiger charge is -2.18. The molecule has 6 heteroatoms. The van der Waals surface area contributed by atoms with E-state index in [1.807, 2.05) is 0 Å². The lowest BCUT2D eigenvalue weighted by atomic mass is 10.3. The van der Waals surface area contributed by atoms with Crippen LogP contribution in [0, 0.1) is 0 Å². The lowest BCUT2D eigenvalue weighted by molar-refractivity contribution is 0.0272. The average Bonchev–Trinajstić information content (AvgIpc) is 1.97. The number of ether oxygens (including phenoxy) is 2. The van der Waals surface area contributed by atoms with Crippen LogP contribution in [0.2, 0.25) is 0 Å². The van der Waals surface area contributed by atoms with Crippen molar-refractivity contribution in [3.63, 3.8) is 0 Å². The highest BCUT2D eigenvalue weighted by Gasteiger charge is 2.27. The molecule has 0 bridgehead atoms. The standard InChI is InChI=1S/C6H14O5S/c1-5(12(7,8)9)6(11-3)4-10-2/h5-6H,4H2,1-3H3,(H,7,8,9). The number of methoxy groups -OCH3 is 2. The van der Waals surface area contributed by atoms with Crippen LogP contribution in [0.3, 0.4) is 0 Å². The summed E-state index contributed by atoms with van der Waals surface area (Å²) in [6.07, 6.45) is -0.634. The van der Waals surface area contributed by atoms with Crippen LogP contribution in [-0.4, -0.2) is 45.2 Å². The van der Waals surface area contributed by atoms with Gasteiger partial charge in [0.2, 0.25) is 0 Å². The molecule has 0 spiro atoms. The molecule has 1 N–H and O–H groups in total. The summed E-state index contributed by atoms with van der Waals surface area (Å²) in [5, 5.41) is -0.970. The minimum Gasteiger partial charge on any atom is -0.382 e. The summed E-state index contributed by atoms with van der Waals surface area (Å²) in [4.78, 5) is 0. The van der Waals surface area contributed by atoms with Crippen molar-refractivity contribution in [2.45, 2.75) is 18.3 Å². The fourth-order valence-electron chi connectivity index (χ4n) is 0.751. The van der Waals surface area contributed by atoms with E-state index in [0.717, 1.165) is 0 Å². The summed E-state index contributed by atoms with van der Waals surface area (Å²) in [5.74, 6) is 0. The second-order valence-electron chi connectivity index (χ2n) is 2.45. The Morgan fingerprint density at radius 3 is 2.17 bits per heavy atom. The van der Waals surface area contributed by atoms with Crippen LogP contribution in [0.5, 0.6) is 0 Å². The maximum atomic E-state index is 10.6. The van der Waals surface area contributed by atoms with E-state index < -0.39 is 21.5 Å². The quantitative estimate of drug-likeness (QED) is 0.626. The molecular formula is C6H14O5S. The molecule has 12 heavy (non-hydrogen) atoms. The topological polar surface area (TPSA) is 72.8 Å². The Kier molecular flexibility index (Phi) is 4.69. The van der Waals surface area contributed by atoms with Crippen LogP contribution in [0.25, 0.3) is 0 Å². The summed E-state index contributed by atoms with van der Waals surface area (Å²) in [6, 6.07) is 0. The van der Waals surface area contributed by atoms with Crippen molar-refractivity contribution in [2.24, 2.45) is 0 Å². The van der Waals surface area contributed by atoms with Gasteiger partial charge in [-0.05, 0) is 6.92 Å². The first-order valence-corrected chi connectivity index (χ1v) is 4.91. The first kappa shape index (κ1) is 11.8. The van der Waals surface area contributed by atoms with Crippen LogP contribution in [0.15, 0.2) is 0 Å². The summed E-state index contributed by atoms with van der Waals surface area (Å²) >= 11 is 0. The van der Waals surface area contributed by atoms with Gasteiger partial charge in [-0.25, -0.2) is 0 Å². The molecule has 0 saturated carbocycles. The zero-order valence-corrected chi connectivity index (χ0v) is 8.17. The van der Waals surface area contributed by atoms with E-state index >= 15 is 0 Å². The summed E-state index contributed by atoms with van der Waals surface area (Å²) in [7, 11) is -1.24. The van der Waals surface area contributed by atoms with Crippen LogP contribution < -0.4 is 0 Å². The van der Waals surface area contributed by atoms with Gasteiger partial charge in [-0.15, -0.1) is 0 Å². The molecule has 0 amide bonds. The van der Waals surface area contributed by atoms with Crippen LogP contribution in [0.1, 0.15) is 6.92 Å². The molecule has 0 rings (SSSR count). The predicted molar refractivity (Wildman–Crippen MR) is 43.7 cm³/mol. The predicted octanol–water partition coefficient (Wildman–Crippen LogP) is -0.0759. The molecular weight excluding hydrogens is 184 g/mol. The van der Waals surface area contributed by atoms with E-state index in [-0.39, 0.29) is 6.61 Å². The van der Waals surface area contributed by atoms with Crippen molar-refractivity contribution < 1.29 is 22.4 Å². The van der Waals surface area contributed by atoms with Gasteiger partial charge in [0.1, 0.15) is 5.25 Å². The average molecular weight is 198 g/mol. The third kappa shape index (κ3) is 3.48. The normalized spacial score (nSPS) is 17.3. The fraction of sp³-hybridized carbons (Fsp3) is 1.00. The Hall–Kier alpha value is -0.170. The van der Waals surface area contributed by atoms with Gasteiger partial charge in [0.05, 0.1) is 12.7 Å². The number of hydrogen-bond acceptors (Lipinski definition) is 4. The van der Waals surface area contributed by atoms with E-state index in [9.17, 15) is 8.42 Å². The van der Waals surface area contributed by atoms with E-state index in [1.165, 1.54) is 21.1 Å². The molecule has 0 saturated heterocycles. The third-order valence-corrected chi connectivity index (χ3v) is 2.87.